The summed E-state index contributed by atoms with van der Waals surface area (Å²) in [6, 6.07) is 0.104. The molecular formula is C10H17N5O2. The van der Waals surface area contributed by atoms with Crippen molar-refractivity contribution < 1.29 is 4.92 Å². The van der Waals surface area contributed by atoms with Gasteiger partial charge in [-0.2, -0.15) is 4.98 Å². The molecule has 2 N–H and O–H groups in total. The van der Waals surface area contributed by atoms with E-state index in [0.29, 0.717) is 6.54 Å². The molecule has 1 rings (SSSR count). The minimum atomic E-state index is -0.463. The zero-order valence-corrected chi connectivity index (χ0v) is 10.5. The third-order valence-corrected chi connectivity index (χ3v) is 2.48. The lowest BCUT2D eigenvalue weighted by Gasteiger charge is -2.26. The van der Waals surface area contributed by atoms with E-state index in [1.807, 2.05) is 25.7 Å². The molecule has 0 amide bonds. The fourth-order valence-corrected chi connectivity index (χ4v) is 1.75. The molecule has 1 aromatic heterocycles. The van der Waals surface area contributed by atoms with Crippen LogP contribution in [-0.4, -0.2) is 27.5 Å². The van der Waals surface area contributed by atoms with E-state index in [1.54, 1.807) is 6.92 Å². The number of hydrogen-bond donors (Lipinski definition) is 1. The van der Waals surface area contributed by atoms with Crippen LogP contribution in [-0.2, 0) is 0 Å². The Morgan fingerprint density at radius 3 is 2.47 bits per heavy atom. The van der Waals surface area contributed by atoms with Crippen LogP contribution in [0, 0.1) is 17.0 Å². The Labute approximate surface area is 99.8 Å². The lowest BCUT2D eigenvalue weighted by atomic mass is 10.2. The van der Waals surface area contributed by atoms with Gasteiger partial charge >= 0.3 is 5.69 Å². The zero-order valence-electron chi connectivity index (χ0n) is 10.5. The summed E-state index contributed by atoms with van der Waals surface area (Å²) >= 11 is 0. The Morgan fingerprint density at radius 2 is 2.06 bits per heavy atom. The van der Waals surface area contributed by atoms with Crippen LogP contribution in [0.3, 0.4) is 0 Å². The van der Waals surface area contributed by atoms with Gasteiger partial charge in [-0.3, -0.25) is 10.1 Å². The number of nitrogens with zero attached hydrogens (tertiary/aromatic N) is 4. The maximum atomic E-state index is 11.1. The predicted molar refractivity (Wildman–Crippen MR) is 66.0 cm³/mol. The van der Waals surface area contributed by atoms with Crippen LogP contribution in [0.25, 0.3) is 0 Å². The molecule has 0 saturated heterocycles. The maximum Gasteiger partial charge on any atom is 0.332 e. The normalized spacial score (nSPS) is 10.6. The molecule has 0 atom stereocenters. The van der Waals surface area contributed by atoms with Crippen molar-refractivity contribution in [3.8, 4) is 0 Å². The molecule has 7 heteroatoms. The first kappa shape index (κ1) is 13.1. The molecule has 0 radical (unpaired) electrons. The molecule has 0 unspecified atom stereocenters. The largest absolute Gasteiger partial charge is 0.368 e. The van der Waals surface area contributed by atoms with Crippen LogP contribution < -0.4 is 10.6 Å². The van der Waals surface area contributed by atoms with E-state index in [0.717, 1.165) is 0 Å². The Morgan fingerprint density at radius 1 is 1.47 bits per heavy atom. The molecule has 94 valence electrons. The highest BCUT2D eigenvalue weighted by atomic mass is 16.6. The van der Waals surface area contributed by atoms with Gasteiger partial charge in [-0.25, -0.2) is 4.98 Å². The van der Waals surface area contributed by atoms with Gasteiger partial charge < -0.3 is 10.6 Å². The highest BCUT2D eigenvalue weighted by Crippen LogP contribution is 2.30. The minimum Gasteiger partial charge on any atom is -0.368 e. The summed E-state index contributed by atoms with van der Waals surface area (Å²) < 4.78 is 0. The van der Waals surface area contributed by atoms with Crippen LogP contribution in [0.2, 0.25) is 0 Å². The van der Waals surface area contributed by atoms with Gasteiger partial charge in [-0.1, -0.05) is 0 Å². The van der Waals surface area contributed by atoms with Gasteiger partial charge in [0.05, 0.1) is 4.92 Å². The molecule has 0 aliphatic carbocycles. The lowest BCUT2D eigenvalue weighted by Crippen LogP contribution is -2.32. The second kappa shape index (κ2) is 4.94. The molecule has 0 bridgehead atoms. The number of nitrogens with two attached hydrogens (primary N) is 1. The van der Waals surface area contributed by atoms with E-state index < -0.39 is 4.92 Å². The summed E-state index contributed by atoms with van der Waals surface area (Å²) in [4.78, 5) is 20.2. The van der Waals surface area contributed by atoms with Gasteiger partial charge in [0.1, 0.15) is 5.69 Å². The summed E-state index contributed by atoms with van der Waals surface area (Å²) in [5, 5.41) is 11.1. The lowest BCUT2D eigenvalue weighted by molar-refractivity contribution is -0.385. The highest BCUT2D eigenvalue weighted by molar-refractivity contribution is 5.62. The molecule has 7 nitrogen and oxygen atoms in total. The molecular weight excluding hydrogens is 222 g/mol. The first-order valence-corrected chi connectivity index (χ1v) is 5.43. The van der Waals surface area contributed by atoms with Gasteiger partial charge in [0.15, 0.2) is 0 Å². The van der Waals surface area contributed by atoms with Crippen LogP contribution in [0.1, 0.15) is 26.5 Å². The van der Waals surface area contributed by atoms with Gasteiger partial charge in [0, 0.05) is 12.6 Å². The summed E-state index contributed by atoms with van der Waals surface area (Å²) in [5.41, 5.74) is 5.76. The van der Waals surface area contributed by atoms with Gasteiger partial charge in [0.2, 0.25) is 11.8 Å². The molecule has 1 heterocycles. The van der Waals surface area contributed by atoms with Crippen LogP contribution in [0.5, 0.6) is 0 Å². The minimum absolute atomic E-state index is 0.0576. The molecule has 0 fully saturated rings. The number of nitro groups is 1. The third-order valence-electron chi connectivity index (χ3n) is 2.48. The number of rotatable bonds is 4. The third kappa shape index (κ3) is 2.61. The number of hydrogen-bond acceptors (Lipinski definition) is 6. The number of aromatic nitrogens is 2. The van der Waals surface area contributed by atoms with Crippen LogP contribution >= 0.6 is 0 Å². The van der Waals surface area contributed by atoms with Gasteiger partial charge in [-0.05, 0) is 27.7 Å². The van der Waals surface area contributed by atoms with Crippen molar-refractivity contribution in [3.05, 3.63) is 15.8 Å². The number of anilines is 2. The second-order valence-corrected chi connectivity index (χ2v) is 3.98. The Hall–Kier alpha value is -1.92. The van der Waals surface area contributed by atoms with E-state index >= 15 is 0 Å². The summed E-state index contributed by atoms with van der Waals surface area (Å²) in [7, 11) is 0. The van der Waals surface area contributed by atoms with E-state index in [4.69, 9.17) is 5.73 Å². The van der Waals surface area contributed by atoms with Crippen molar-refractivity contribution in [2.24, 2.45) is 0 Å². The van der Waals surface area contributed by atoms with Crippen molar-refractivity contribution in [2.45, 2.75) is 33.7 Å². The molecule has 1 aromatic rings. The first-order valence-electron chi connectivity index (χ1n) is 5.43. The smallest absolute Gasteiger partial charge is 0.332 e. The SMILES string of the molecule is CCN(c1nc(N)nc(C)c1[N+](=O)[O-])C(C)C. The zero-order chi connectivity index (χ0) is 13.2. The Kier molecular flexibility index (Phi) is 3.82. The van der Waals surface area contributed by atoms with Gasteiger partial charge in [0.25, 0.3) is 0 Å². The quantitative estimate of drug-likeness (QED) is 0.631. The fourth-order valence-electron chi connectivity index (χ4n) is 1.75. The summed E-state index contributed by atoms with van der Waals surface area (Å²) in [5.74, 6) is 0.347. The average Bonchev–Trinajstić information content (AvgIpc) is 2.15. The van der Waals surface area contributed by atoms with Crippen molar-refractivity contribution in [2.75, 3.05) is 17.2 Å². The topological polar surface area (TPSA) is 98.2 Å². The highest BCUT2D eigenvalue weighted by Gasteiger charge is 2.26. The van der Waals surface area contributed by atoms with Gasteiger partial charge in [-0.15, -0.1) is 0 Å². The predicted octanol–water partition coefficient (Wildman–Crippen LogP) is 1.51. The number of aryl methyl sites for hydroxylation is 1. The van der Waals surface area contributed by atoms with E-state index in [2.05, 4.69) is 9.97 Å². The van der Waals surface area contributed by atoms with E-state index in [-0.39, 0.29) is 29.2 Å². The Balaban J connectivity index is 3.43. The van der Waals surface area contributed by atoms with E-state index in [1.165, 1.54) is 0 Å². The monoisotopic (exact) mass is 239 g/mol. The Bertz CT molecular complexity index is 433. The van der Waals surface area contributed by atoms with Crippen molar-refractivity contribution in [3.63, 3.8) is 0 Å². The molecule has 0 saturated carbocycles. The van der Waals surface area contributed by atoms with Crippen molar-refractivity contribution in [1.82, 2.24) is 9.97 Å². The summed E-state index contributed by atoms with van der Waals surface area (Å²) in [6.07, 6.45) is 0. The summed E-state index contributed by atoms with van der Waals surface area (Å²) in [6.45, 7) is 7.99. The molecule has 0 aliphatic heterocycles. The maximum absolute atomic E-state index is 11.1. The molecule has 0 spiro atoms. The molecule has 0 aromatic carbocycles. The van der Waals surface area contributed by atoms with Crippen LogP contribution in [0.15, 0.2) is 0 Å². The molecule has 0 aliphatic rings. The molecule has 17 heavy (non-hydrogen) atoms. The average molecular weight is 239 g/mol. The second-order valence-electron chi connectivity index (χ2n) is 3.98. The van der Waals surface area contributed by atoms with Crippen LogP contribution in [0.4, 0.5) is 17.5 Å². The van der Waals surface area contributed by atoms with Crippen molar-refractivity contribution >= 4 is 17.5 Å². The fraction of sp³-hybridized carbons (Fsp3) is 0.600. The first-order chi connectivity index (χ1) is 7.88. The number of nitrogen functional groups attached to an aromatic ring is 1. The van der Waals surface area contributed by atoms with Crippen molar-refractivity contribution in [1.29, 1.82) is 0 Å². The standard InChI is InChI=1S/C10H17N5O2/c1-5-14(6(2)3)9-8(15(16)17)7(4)12-10(11)13-9/h6H,5H2,1-4H3,(H2,11,12,13). The van der Waals surface area contributed by atoms with E-state index in [9.17, 15) is 10.1 Å².